The Balaban J connectivity index is 1.20. The van der Waals surface area contributed by atoms with Crippen LogP contribution >= 0.6 is 12.2 Å². The number of nitrogens with zero attached hydrogens (tertiary/aromatic N) is 4. The minimum absolute atomic E-state index is 0.435. The van der Waals surface area contributed by atoms with Crippen molar-refractivity contribution < 1.29 is 0 Å². The molecule has 2 aliphatic carbocycles. The first-order chi connectivity index (χ1) is 15.6. The molecular weight excluding hydrogens is 418 g/mol. The molecule has 0 aromatic carbocycles. The Kier molecular flexibility index (Phi) is 8.41. The summed E-state index contributed by atoms with van der Waals surface area (Å²) >= 11 is 5.55. The van der Waals surface area contributed by atoms with Crippen LogP contribution in [0, 0.1) is 0 Å². The average Bonchev–Trinajstić information content (AvgIpc) is 2.80. The fourth-order valence-corrected chi connectivity index (χ4v) is 5.59. The molecule has 0 atom stereocenters. The quantitative estimate of drug-likeness (QED) is 0.538. The van der Waals surface area contributed by atoms with Gasteiger partial charge in [-0.2, -0.15) is 4.98 Å². The summed E-state index contributed by atoms with van der Waals surface area (Å²) in [6, 6.07) is 0.898. The van der Waals surface area contributed by atoms with Crippen LogP contribution in [0.25, 0.3) is 0 Å². The van der Waals surface area contributed by atoms with Crippen molar-refractivity contribution in [3.63, 3.8) is 0 Å². The lowest BCUT2D eigenvalue weighted by molar-refractivity contribution is 0.232. The molecule has 3 aliphatic rings. The first-order valence-corrected chi connectivity index (χ1v) is 13.1. The van der Waals surface area contributed by atoms with Crippen molar-refractivity contribution in [2.45, 2.75) is 82.7 Å². The summed E-state index contributed by atoms with van der Waals surface area (Å²) in [6.45, 7) is 4.51. The molecule has 1 aromatic heterocycles. The Morgan fingerprint density at radius 3 is 2.44 bits per heavy atom. The predicted molar refractivity (Wildman–Crippen MR) is 137 cm³/mol. The van der Waals surface area contributed by atoms with E-state index >= 15 is 0 Å². The third-order valence-corrected chi connectivity index (χ3v) is 7.40. The molecule has 0 radical (unpaired) electrons. The van der Waals surface area contributed by atoms with Crippen LogP contribution in [0.5, 0.6) is 0 Å². The monoisotopic (exact) mass is 459 g/mol. The first-order valence-electron chi connectivity index (χ1n) is 12.7. The molecule has 2 heterocycles. The zero-order valence-electron chi connectivity index (χ0n) is 20.0. The van der Waals surface area contributed by atoms with E-state index in [1.165, 1.54) is 56.5 Å². The third-order valence-electron chi connectivity index (χ3n) is 7.14. The highest BCUT2D eigenvalue weighted by Gasteiger charge is 2.24. The van der Waals surface area contributed by atoms with Crippen molar-refractivity contribution in [3.8, 4) is 0 Å². The van der Waals surface area contributed by atoms with Gasteiger partial charge < -0.3 is 25.8 Å². The predicted octanol–water partition coefficient (Wildman–Crippen LogP) is 3.09. The molecule has 0 bridgehead atoms. The SMILES string of the molecule is CN(C)c1nc(N[C@H]2CC[C@@H](NC(=S)NCCN3CCCCC3)CC2)nc2c1CCCC2. The summed E-state index contributed by atoms with van der Waals surface area (Å²) in [7, 11) is 4.17. The molecule has 0 spiro atoms. The lowest BCUT2D eigenvalue weighted by Crippen LogP contribution is -2.46. The molecule has 1 saturated carbocycles. The first kappa shape index (κ1) is 23.5. The van der Waals surface area contributed by atoms with E-state index in [2.05, 4.69) is 39.8 Å². The topological polar surface area (TPSA) is 68.4 Å². The molecule has 7 nitrogen and oxygen atoms in total. The molecule has 178 valence electrons. The number of hydrogen-bond donors (Lipinski definition) is 3. The van der Waals surface area contributed by atoms with Gasteiger partial charge in [-0.25, -0.2) is 4.98 Å². The summed E-state index contributed by atoms with van der Waals surface area (Å²) in [4.78, 5) is 14.4. The van der Waals surface area contributed by atoms with E-state index in [1.54, 1.807) is 0 Å². The maximum Gasteiger partial charge on any atom is 0.225 e. The van der Waals surface area contributed by atoms with Gasteiger partial charge in [0.1, 0.15) is 5.82 Å². The van der Waals surface area contributed by atoms with Crippen LogP contribution in [0.15, 0.2) is 0 Å². The van der Waals surface area contributed by atoms with Crippen LogP contribution in [0.4, 0.5) is 11.8 Å². The molecule has 3 N–H and O–H groups in total. The number of aromatic nitrogens is 2. The van der Waals surface area contributed by atoms with Crippen LogP contribution in [-0.2, 0) is 12.8 Å². The average molecular weight is 460 g/mol. The molecule has 0 unspecified atom stereocenters. The Morgan fingerprint density at radius 1 is 0.969 bits per heavy atom. The summed E-state index contributed by atoms with van der Waals surface area (Å²) in [5.41, 5.74) is 2.59. The molecule has 4 rings (SSSR count). The van der Waals surface area contributed by atoms with E-state index in [9.17, 15) is 0 Å². The molecule has 1 aromatic rings. The van der Waals surface area contributed by atoms with E-state index in [4.69, 9.17) is 22.2 Å². The van der Waals surface area contributed by atoms with Gasteiger partial charge in [0.2, 0.25) is 5.95 Å². The molecular formula is C24H41N7S. The number of anilines is 2. The highest BCUT2D eigenvalue weighted by Crippen LogP contribution is 2.29. The fourth-order valence-electron chi connectivity index (χ4n) is 5.32. The van der Waals surface area contributed by atoms with Gasteiger partial charge in [-0.05, 0) is 89.5 Å². The largest absolute Gasteiger partial charge is 0.362 e. The van der Waals surface area contributed by atoms with Crippen molar-refractivity contribution >= 4 is 29.1 Å². The van der Waals surface area contributed by atoms with Crippen LogP contribution in [0.3, 0.4) is 0 Å². The fraction of sp³-hybridized carbons (Fsp3) is 0.792. The second-order valence-electron chi connectivity index (χ2n) is 9.89. The van der Waals surface area contributed by atoms with Gasteiger partial charge in [0, 0.05) is 44.8 Å². The molecule has 0 amide bonds. The molecule has 8 heteroatoms. The lowest BCUT2D eigenvalue weighted by atomic mass is 9.91. The Bertz CT molecular complexity index is 755. The molecule has 32 heavy (non-hydrogen) atoms. The number of fused-ring (bicyclic) bond motifs is 1. The van der Waals surface area contributed by atoms with Gasteiger partial charge in [0.05, 0.1) is 5.69 Å². The van der Waals surface area contributed by atoms with Crippen LogP contribution < -0.4 is 20.9 Å². The van der Waals surface area contributed by atoms with Crippen LogP contribution in [0.1, 0.15) is 69.0 Å². The summed E-state index contributed by atoms with van der Waals surface area (Å²) in [5, 5.41) is 11.4. The maximum atomic E-state index is 5.55. The van der Waals surface area contributed by atoms with Crippen LogP contribution in [0.2, 0.25) is 0 Å². The minimum atomic E-state index is 0.435. The summed E-state index contributed by atoms with van der Waals surface area (Å²) in [5.74, 6) is 1.90. The van der Waals surface area contributed by atoms with Crippen molar-refractivity contribution in [3.05, 3.63) is 11.3 Å². The Labute approximate surface area is 199 Å². The lowest BCUT2D eigenvalue weighted by Gasteiger charge is -2.31. The van der Waals surface area contributed by atoms with E-state index in [0.29, 0.717) is 12.1 Å². The van der Waals surface area contributed by atoms with E-state index in [0.717, 1.165) is 68.5 Å². The number of nitrogens with one attached hydrogen (secondary N) is 3. The van der Waals surface area contributed by atoms with Crippen molar-refractivity contribution in [1.29, 1.82) is 0 Å². The number of aryl methyl sites for hydroxylation is 1. The highest BCUT2D eigenvalue weighted by molar-refractivity contribution is 7.80. The second-order valence-corrected chi connectivity index (χ2v) is 10.3. The Hall–Kier alpha value is -1.67. The molecule has 1 saturated heterocycles. The zero-order chi connectivity index (χ0) is 22.3. The number of thiocarbonyl (C=S) groups is 1. The van der Waals surface area contributed by atoms with E-state index < -0.39 is 0 Å². The van der Waals surface area contributed by atoms with Crippen molar-refractivity contribution in [2.75, 3.05) is 50.5 Å². The van der Waals surface area contributed by atoms with Gasteiger partial charge in [-0.15, -0.1) is 0 Å². The number of hydrogen-bond acceptors (Lipinski definition) is 6. The van der Waals surface area contributed by atoms with E-state index in [1.807, 2.05) is 0 Å². The number of piperidine rings is 1. The second kappa shape index (κ2) is 11.5. The number of likely N-dealkylation sites (tertiary alicyclic amines) is 1. The van der Waals surface area contributed by atoms with E-state index in [-0.39, 0.29) is 0 Å². The third kappa shape index (κ3) is 6.44. The normalized spacial score (nSPS) is 23.8. The summed E-state index contributed by atoms with van der Waals surface area (Å²) in [6.07, 6.45) is 13.2. The van der Waals surface area contributed by atoms with Gasteiger partial charge in [0.25, 0.3) is 0 Å². The van der Waals surface area contributed by atoms with Crippen molar-refractivity contribution in [2.24, 2.45) is 0 Å². The molecule has 2 fully saturated rings. The van der Waals surface area contributed by atoms with Gasteiger partial charge in [0.15, 0.2) is 5.11 Å². The number of rotatable bonds is 7. The summed E-state index contributed by atoms with van der Waals surface area (Å²) < 4.78 is 0. The highest BCUT2D eigenvalue weighted by atomic mass is 32.1. The van der Waals surface area contributed by atoms with Gasteiger partial charge in [-0.3, -0.25) is 0 Å². The molecule has 1 aliphatic heterocycles. The van der Waals surface area contributed by atoms with Crippen molar-refractivity contribution in [1.82, 2.24) is 25.5 Å². The van der Waals surface area contributed by atoms with Gasteiger partial charge in [-0.1, -0.05) is 6.42 Å². The van der Waals surface area contributed by atoms with Crippen LogP contribution in [-0.4, -0.2) is 72.3 Å². The Morgan fingerprint density at radius 2 is 1.69 bits per heavy atom. The smallest absolute Gasteiger partial charge is 0.225 e. The minimum Gasteiger partial charge on any atom is -0.362 e. The zero-order valence-corrected chi connectivity index (χ0v) is 20.8. The standard InChI is InChI=1S/C24H41N7S/c1-30(2)22-20-8-4-5-9-21(20)28-23(29-22)26-18-10-12-19(13-11-18)27-24(32)25-14-17-31-15-6-3-7-16-31/h18-19H,3-17H2,1-2H3,(H2,25,27,32)(H,26,28,29)/t18-,19+. The maximum absolute atomic E-state index is 5.55. The van der Waals surface area contributed by atoms with Gasteiger partial charge >= 0.3 is 0 Å².